The highest BCUT2D eigenvalue weighted by Crippen LogP contribution is 2.32. The maximum Gasteiger partial charge on any atom is 0.321 e. The van der Waals surface area contributed by atoms with Gasteiger partial charge >= 0.3 is 6.03 Å². The molecule has 5 nitrogen and oxygen atoms in total. The van der Waals surface area contributed by atoms with Crippen LogP contribution in [0, 0.1) is 0 Å². The van der Waals surface area contributed by atoms with Crippen molar-refractivity contribution < 1.29 is 9.53 Å². The van der Waals surface area contributed by atoms with Gasteiger partial charge in [-0.3, -0.25) is 9.80 Å². The van der Waals surface area contributed by atoms with Crippen molar-refractivity contribution >= 4 is 6.03 Å². The molecule has 2 aliphatic heterocycles. The van der Waals surface area contributed by atoms with Crippen molar-refractivity contribution in [2.75, 3.05) is 47.4 Å². The lowest BCUT2D eigenvalue weighted by Gasteiger charge is -2.49. The minimum Gasteiger partial charge on any atom is -0.351 e. The van der Waals surface area contributed by atoms with Gasteiger partial charge in [-0.25, -0.2) is 4.79 Å². The number of rotatable bonds is 0. The first-order chi connectivity index (χ1) is 7.96. The number of urea groups is 1. The largest absolute Gasteiger partial charge is 0.351 e. The second-order valence-corrected chi connectivity index (χ2v) is 5.00. The fraction of sp³-hybridized carbons (Fsp3) is 0.917. The normalized spacial score (nSPS) is 21.8. The number of nitrogens with zero attached hydrogens (tertiary/aromatic N) is 3. The highest BCUT2D eigenvalue weighted by Gasteiger charge is 2.52. The van der Waals surface area contributed by atoms with Crippen LogP contribution >= 0.6 is 0 Å². The molecule has 2 saturated heterocycles. The van der Waals surface area contributed by atoms with Gasteiger partial charge in [-0.15, -0.1) is 0 Å². The molecule has 0 radical (unpaired) electrons. The van der Waals surface area contributed by atoms with Crippen molar-refractivity contribution in [1.82, 2.24) is 14.7 Å². The minimum atomic E-state index is -0.323. The van der Waals surface area contributed by atoms with Crippen LogP contribution in [0.4, 0.5) is 4.79 Å². The molecule has 0 aromatic rings. The van der Waals surface area contributed by atoms with Crippen molar-refractivity contribution in [1.29, 1.82) is 0 Å². The summed E-state index contributed by atoms with van der Waals surface area (Å²) in [5.74, 6) is 0. The summed E-state index contributed by atoms with van der Waals surface area (Å²) in [6.07, 6.45) is 1.25. The summed E-state index contributed by atoms with van der Waals surface area (Å²) < 4.78 is 5.67. The van der Waals surface area contributed by atoms with Gasteiger partial charge in [0.2, 0.25) is 0 Å². The highest BCUT2D eigenvalue weighted by molar-refractivity contribution is 5.75. The molecule has 2 fully saturated rings. The van der Waals surface area contributed by atoms with E-state index >= 15 is 0 Å². The number of carbonyl (C=O) groups excluding carboxylic acids is 1. The number of hydrogen-bond acceptors (Lipinski definition) is 3. The molecule has 100 valence electrons. The van der Waals surface area contributed by atoms with Crippen LogP contribution in [0.1, 0.15) is 20.3 Å². The first-order valence-electron chi connectivity index (χ1n) is 6.28. The minimum absolute atomic E-state index is 0.0515. The van der Waals surface area contributed by atoms with E-state index in [0.29, 0.717) is 13.2 Å². The number of amides is 2. The SMILES string of the molecule is CCC.CN1CC2(C1)OCCN2C(=O)N(C)C. The average Bonchev–Trinajstić information content (AvgIpc) is 2.61. The zero-order valence-corrected chi connectivity index (χ0v) is 11.7. The van der Waals surface area contributed by atoms with Crippen LogP contribution in [0.25, 0.3) is 0 Å². The first kappa shape index (κ1) is 14.3. The van der Waals surface area contributed by atoms with Crippen molar-refractivity contribution in [3.05, 3.63) is 0 Å². The van der Waals surface area contributed by atoms with Gasteiger partial charge in [-0.05, 0) is 7.05 Å². The summed E-state index contributed by atoms with van der Waals surface area (Å²) in [6, 6.07) is 0.0515. The van der Waals surface area contributed by atoms with Crippen LogP contribution in [-0.4, -0.2) is 73.8 Å². The first-order valence-corrected chi connectivity index (χ1v) is 6.28. The maximum atomic E-state index is 11.8. The third-order valence-corrected chi connectivity index (χ3v) is 2.82. The molecule has 5 heteroatoms. The summed E-state index contributed by atoms with van der Waals surface area (Å²) in [5, 5.41) is 0. The van der Waals surface area contributed by atoms with Crippen LogP contribution < -0.4 is 0 Å². The lowest BCUT2D eigenvalue weighted by Crippen LogP contribution is -2.69. The molecule has 0 aromatic heterocycles. The van der Waals surface area contributed by atoms with Gasteiger partial charge in [0.15, 0.2) is 5.72 Å². The Hall–Kier alpha value is -0.810. The molecule has 2 amide bonds. The number of ether oxygens (including phenoxy) is 1. The third-order valence-electron chi connectivity index (χ3n) is 2.82. The Balaban J connectivity index is 0.000000437. The predicted molar refractivity (Wildman–Crippen MR) is 67.9 cm³/mol. The summed E-state index contributed by atoms with van der Waals surface area (Å²) in [5.41, 5.74) is -0.323. The molecule has 0 atom stereocenters. The van der Waals surface area contributed by atoms with Crippen LogP contribution in [0.15, 0.2) is 0 Å². The smallest absolute Gasteiger partial charge is 0.321 e. The Bertz CT molecular complexity index is 262. The second-order valence-electron chi connectivity index (χ2n) is 5.00. The molecule has 0 aliphatic carbocycles. The van der Waals surface area contributed by atoms with E-state index in [9.17, 15) is 4.79 Å². The molecule has 2 rings (SSSR count). The fourth-order valence-corrected chi connectivity index (χ4v) is 2.18. The van der Waals surface area contributed by atoms with Gasteiger partial charge in [0.25, 0.3) is 0 Å². The number of hydrogen-bond donors (Lipinski definition) is 0. The van der Waals surface area contributed by atoms with Crippen molar-refractivity contribution in [2.24, 2.45) is 0 Å². The topological polar surface area (TPSA) is 36.0 Å². The Morgan fingerprint density at radius 1 is 1.35 bits per heavy atom. The Kier molecular flexibility index (Phi) is 4.77. The third kappa shape index (κ3) is 2.90. The lowest BCUT2D eigenvalue weighted by molar-refractivity contribution is -0.158. The maximum absolute atomic E-state index is 11.8. The number of likely N-dealkylation sites (tertiary alicyclic amines) is 1. The summed E-state index contributed by atoms with van der Waals surface area (Å²) in [7, 11) is 5.58. The van der Waals surface area contributed by atoms with Crippen molar-refractivity contribution in [3.8, 4) is 0 Å². The van der Waals surface area contributed by atoms with Gasteiger partial charge in [0.05, 0.1) is 6.61 Å². The molecule has 2 heterocycles. The van der Waals surface area contributed by atoms with E-state index in [1.165, 1.54) is 6.42 Å². The molecule has 2 aliphatic rings. The van der Waals surface area contributed by atoms with Gasteiger partial charge in [-0.1, -0.05) is 20.3 Å². The van der Waals surface area contributed by atoms with Crippen LogP contribution in [0.5, 0.6) is 0 Å². The molecule has 0 saturated carbocycles. The van der Waals surface area contributed by atoms with Gasteiger partial charge < -0.3 is 9.64 Å². The Labute approximate surface area is 104 Å². The summed E-state index contributed by atoms with van der Waals surface area (Å²) in [6.45, 7) is 7.28. The van der Waals surface area contributed by atoms with Gasteiger partial charge in [-0.2, -0.15) is 0 Å². The van der Waals surface area contributed by atoms with E-state index < -0.39 is 0 Å². The highest BCUT2D eigenvalue weighted by atomic mass is 16.5. The standard InChI is InChI=1S/C9H17N3O2.C3H8/c1-10(2)8(13)12-4-5-14-9(12)6-11(3)7-9;1-3-2/h4-7H2,1-3H3;3H2,1-2H3. The van der Waals surface area contributed by atoms with E-state index in [1.807, 2.05) is 11.9 Å². The van der Waals surface area contributed by atoms with Crippen molar-refractivity contribution in [3.63, 3.8) is 0 Å². The zero-order chi connectivity index (χ0) is 13.1. The summed E-state index contributed by atoms with van der Waals surface area (Å²) in [4.78, 5) is 17.4. The Morgan fingerprint density at radius 2 is 1.88 bits per heavy atom. The molecule has 0 N–H and O–H groups in total. The van der Waals surface area contributed by atoms with Crippen LogP contribution in [0.3, 0.4) is 0 Å². The molecule has 0 bridgehead atoms. The van der Waals surface area contributed by atoms with Gasteiger partial charge in [0, 0.05) is 33.7 Å². The van der Waals surface area contributed by atoms with E-state index in [-0.39, 0.29) is 11.8 Å². The van der Waals surface area contributed by atoms with Crippen LogP contribution in [0.2, 0.25) is 0 Å². The molecular weight excluding hydrogens is 218 g/mol. The average molecular weight is 243 g/mol. The fourth-order valence-electron chi connectivity index (χ4n) is 2.18. The van der Waals surface area contributed by atoms with E-state index in [4.69, 9.17) is 4.74 Å². The zero-order valence-electron chi connectivity index (χ0n) is 11.7. The van der Waals surface area contributed by atoms with E-state index in [2.05, 4.69) is 18.7 Å². The molecule has 0 unspecified atom stereocenters. The van der Waals surface area contributed by atoms with E-state index in [1.54, 1.807) is 19.0 Å². The quantitative estimate of drug-likeness (QED) is 0.638. The Morgan fingerprint density at radius 3 is 2.29 bits per heavy atom. The van der Waals surface area contributed by atoms with Crippen molar-refractivity contribution in [2.45, 2.75) is 26.0 Å². The lowest BCUT2D eigenvalue weighted by atomic mass is 10.0. The molecule has 0 aromatic carbocycles. The second kappa shape index (κ2) is 5.69. The predicted octanol–water partition coefficient (Wildman–Crippen LogP) is 1.06. The monoisotopic (exact) mass is 243 g/mol. The molecule has 1 spiro atoms. The van der Waals surface area contributed by atoms with E-state index in [0.717, 1.165) is 13.1 Å². The number of carbonyl (C=O) groups is 1. The molecular formula is C12H25N3O2. The van der Waals surface area contributed by atoms with Crippen LogP contribution in [-0.2, 0) is 4.74 Å². The number of likely N-dealkylation sites (N-methyl/N-ethyl adjacent to an activating group) is 1. The molecule has 17 heavy (non-hydrogen) atoms. The summed E-state index contributed by atoms with van der Waals surface area (Å²) >= 11 is 0. The van der Waals surface area contributed by atoms with Gasteiger partial charge in [0.1, 0.15) is 0 Å².